The molecule has 1 N–H and O–H groups in total. The van der Waals surface area contributed by atoms with Gasteiger partial charge in [-0.15, -0.1) is 0 Å². The van der Waals surface area contributed by atoms with Crippen molar-refractivity contribution in [3.63, 3.8) is 0 Å². The predicted molar refractivity (Wildman–Crippen MR) is 100 cm³/mol. The standard InChI is InChI=1S/C19H17N3O2S/c1-11-4-3-5-15-17(11)20-19(25-15)21-18(24)13-6-8-14-12(10-13)7-9-16(23)22(14)2/h3-6,8,10H,7,9H2,1-2H3,(H,20,21,24). The topological polar surface area (TPSA) is 62.3 Å². The van der Waals surface area contributed by atoms with E-state index in [-0.39, 0.29) is 11.8 Å². The number of para-hydroxylation sites is 1. The number of amides is 2. The van der Waals surface area contributed by atoms with E-state index in [0.29, 0.717) is 23.5 Å². The molecule has 0 fully saturated rings. The lowest BCUT2D eigenvalue weighted by Gasteiger charge is -2.25. The lowest BCUT2D eigenvalue weighted by Crippen LogP contribution is -2.31. The second-order valence-electron chi connectivity index (χ2n) is 6.19. The van der Waals surface area contributed by atoms with Crippen molar-refractivity contribution in [3.05, 3.63) is 53.1 Å². The summed E-state index contributed by atoms with van der Waals surface area (Å²) >= 11 is 1.47. The Morgan fingerprint density at radius 3 is 2.88 bits per heavy atom. The number of rotatable bonds is 2. The van der Waals surface area contributed by atoms with Crippen LogP contribution in [0.3, 0.4) is 0 Å². The van der Waals surface area contributed by atoms with Crippen LogP contribution in [0.1, 0.15) is 27.9 Å². The predicted octanol–water partition coefficient (Wildman–Crippen LogP) is 3.77. The van der Waals surface area contributed by atoms with Gasteiger partial charge in [-0.25, -0.2) is 4.98 Å². The van der Waals surface area contributed by atoms with Gasteiger partial charge in [-0.1, -0.05) is 23.5 Å². The highest BCUT2D eigenvalue weighted by Gasteiger charge is 2.22. The van der Waals surface area contributed by atoms with Crippen molar-refractivity contribution in [1.82, 2.24) is 4.98 Å². The van der Waals surface area contributed by atoms with Crippen molar-refractivity contribution >= 4 is 44.2 Å². The molecule has 25 heavy (non-hydrogen) atoms. The molecule has 0 spiro atoms. The van der Waals surface area contributed by atoms with E-state index in [9.17, 15) is 9.59 Å². The van der Waals surface area contributed by atoms with E-state index >= 15 is 0 Å². The number of aromatic nitrogens is 1. The number of hydrogen-bond acceptors (Lipinski definition) is 4. The normalized spacial score (nSPS) is 13.8. The monoisotopic (exact) mass is 351 g/mol. The van der Waals surface area contributed by atoms with E-state index < -0.39 is 0 Å². The van der Waals surface area contributed by atoms with Gasteiger partial charge in [-0.05, 0) is 48.7 Å². The summed E-state index contributed by atoms with van der Waals surface area (Å²) in [5, 5.41) is 3.49. The van der Waals surface area contributed by atoms with Crippen molar-refractivity contribution in [3.8, 4) is 0 Å². The number of carbonyl (C=O) groups is 2. The molecule has 0 unspecified atom stereocenters. The first kappa shape index (κ1) is 15.8. The minimum absolute atomic E-state index is 0.106. The number of anilines is 2. The SMILES string of the molecule is Cc1cccc2sc(NC(=O)c3ccc4c(c3)CCC(=O)N4C)nc12. The summed E-state index contributed by atoms with van der Waals surface area (Å²) in [5.74, 6) is -0.0754. The van der Waals surface area contributed by atoms with Crippen molar-refractivity contribution < 1.29 is 9.59 Å². The maximum absolute atomic E-state index is 12.6. The molecule has 2 heterocycles. The number of fused-ring (bicyclic) bond motifs is 2. The molecule has 4 rings (SSSR count). The molecule has 1 aliphatic heterocycles. The first-order chi connectivity index (χ1) is 12.0. The number of hydrogen-bond donors (Lipinski definition) is 1. The van der Waals surface area contributed by atoms with Crippen LogP contribution in [-0.4, -0.2) is 23.8 Å². The van der Waals surface area contributed by atoms with Crippen LogP contribution in [-0.2, 0) is 11.2 Å². The van der Waals surface area contributed by atoms with E-state index in [2.05, 4.69) is 10.3 Å². The third kappa shape index (κ3) is 2.78. The molecule has 0 atom stereocenters. The minimum atomic E-state index is -0.181. The van der Waals surface area contributed by atoms with E-state index in [4.69, 9.17) is 0 Å². The molecule has 0 saturated heterocycles. The summed E-state index contributed by atoms with van der Waals surface area (Å²) in [4.78, 5) is 30.5. The molecule has 6 heteroatoms. The second kappa shape index (κ2) is 5.97. The summed E-state index contributed by atoms with van der Waals surface area (Å²) in [5.41, 5.74) is 4.50. The van der Waals surface area contributed by atoms with Gasteiger partial charge >= 0.3 is 0 Å². The third-order valence-corrected chi connectivity index (χ3v) is 5.46. The zero-order valence-corrected chi connectivity index (χ0v) is 14.8. The van der Waals surface area contributed by atoms with Crippen molar-refractivity contribution in [1.29, 1.82) is 0 Å². The molecular weight excluding hydrogens is 334 g/mol. The Bertz CT molecular complexity index is 1010. The summed E-state index contributed by atoms with van der Waals surface area (Å²) < 4.78 is 1.06. The van der Waals surface area contributed by atoms with E-state index in [1.54, 1.807) is 18.0 Å². The van der Waals surface area contributed by atoms with E-state index in [0.717, 1.165) is 27.0 Å². The summed E-state index contributed by atoms with van der Waals surface area (Å²) in [6, 6.07) is 11.5. The Hall–Kier alpha value is -2.73. The van der Waals surface area contributed by atoms with Gasteiger partial charge in [0.25, 0.3) is 5.91 Å². The zero-order chi connectivity index (χ0) is 17.6. The number of nitrogens with zero attached hydrogens (tertiary/aromatic N) is 2. The first-order valence-corrected chi connectivity index (χ1v) is 8.91. The minimum Gasteiger partial charge on any atom is -0.315 e. The van der Waals surface area contributed by atoms with Crippen LogP contribution in [0.15, 0.2) is 36.4 Å². The molecule has 2 amide bonds. The Balaban J connectivity index is 1.60. The molecular formula is C19H17N3O2S. The van der Waals surface area contributed by atoms with Crippen LogP contribution in [0.4, 0.5) is 10.8 Å². The molecule has 126 valence electrons. The summed E-state index contributed by atoms with van der Waals surface area (Å²) in [6.07, 6.45) is 1.14. The molecule has 0 aliphatic carbocycles. The summed E-state index contributed by atoms with van der Waals surface area (Å²) in [6.45, 7) is 2.01. The fraction of sp³-hybridized carbons (Fsp3) is 0.211. The van der Waals surface area contributed by atoms with Gasteiger partial charge in [0.2, 0.25) is 5.91 Å². The molecule has 3 aromatic rings. The average molecular weight is 351 g/mol. The largest absolute Gasteiger partial charge is 0.315 e. The maximum Gasteiger partial charge on any atom is 0.257 e. The van der Waals surface area contributed by atoms with E-state index in [1.807, 2.05) is 37.3 Å². The molecule has 2 aromatic carbocycles. The fourth-order valence-electron chi connectivity index (χ4n) is 3.11. The Kier molecular flexibility index (Phi) is 3.77. The van der Waals surface area contributed by atoms with Crippen LogP contribution in [0.2, 0.25) is 0 Å². The van der Waals surface area contributed by atoms with Crippen molar-refractivity contribution in [2.24, 2.45) is 0 Å². The molecule has 0 saturated carbocycles. The zero-order valence-electron chi connectivity index (χ0n) is 14.0. The highest BCUT2D eigenvalue weighted by molar-refractivity contribution is 7.22. The fourth-order valence-corrected chi connectivity index (χ4v) is 4.05. The highest BCUT2D eigenvalue weighted by atomic mass is 32.1. The average Bonchev–Trinajstić information content (AvgIpc) is 3.02. The van der Waals surface area contributed by atoms with E-state index in [1.165, 1.54) is 11.3 Å². The number of nitrogens with one attached hydrogen (secondary N) is 1. The molecule has 1 aliphatic rings. The molecule has 0 radical (unpaired) electrons. The number of carbonyl (C=O) groups excluding carboxylic acids is 2. The quantitative estimate of drug-likeness (QED) is 0.764. The van der Waals surface area contributed by atoms with Crippen molar-refractivity contribution in [2.75, 3.05) is 17.3 Å². The van der Waals surface area contributed by atoms with Crippen LogP contribution in [0.5, 0.6) is 0 Å². The van der Waals surface area contributed by atoms with Crippen LogP contribution in [0.25, 0.3) is 10.2 Å². The molecule has 5 nitrogen and oxygen atoms in total. The molecule has 1 aromatic heterocycles. The van der Waals surface area contributed by atoms with Gasteiger partial charge < -0.3 is 4.90 Å². The van der Waals surface area contributed by atoms with Gasteiger partial charge in [0.1, 0.15) is 0 Å². The Labute approximate surface area is 149 Å². The van der Waals surface area contributed by atoms with Gasteiger partial charge in [0, 0.05) is 24.7 Å². The Morgan fingerprint density at radius 1 is 1.24 bits per heavy atom. The van der Waals surface area contributed by atoms with Gasteiger partial charge in [-0.2, -0.15) is 0 Å². The smallest absolute Gasteiger partial charge is 0.257 e. The number of aryl methyl sites for hydroxylation is 2. The summed E-state index contributed by atoms with van der Waals surface area (Å²) in [7, 11) is 1.77. The molecule has 0 bridgehead atoms. The highest BCUT2D eigenvalue weighted by Crippen LogP contribution is 2.30. The Morgan fingerprint density at radius 2 is 2.08 bits per heavy atom. The lowest BCUT2D eigenvalue weighted by molar-refractivity contribution is -0.118. The number of benzene rings is 2. The van der Waals surface area contributed by atoms with Gasteiger partial charge in [-0.3, -0.25) is 14.9 Å². The maximum atomic E-state index is 12.6. The number of thiazole rings is 1. The van der Waals surface area contributed by atoms with Crippen LogP contribution in [0, 0.1) is 6.92 Å². The van der Waals surface area contributed by atoms with Crippen molar-refractivity contribution in [2.45, 2.75) is 19.8 Å². The second-order valence-corrected chi connectivity index (χ2v) is 7.22. The third-order valence-electron chi connectivity index (χ3n) is 4.53. The first-order valence-electron chi connectivity index (χ1n) is 8.10. The van der Waals surface area contributed by atoms with Gasteiger partial charge in [0.15, 0.2) is 5.13 Å². The van der Waals surface area contributed by atoms with Gasteiger partial charge in [0.05, 0.1) is 10.2 Å². The van der Waals surface area contributed by atoms with Crippen LogP contribution >= 0.6 is 11.3 Å². The lowest BCUT2D eigenvalue weighted by atomic mass is 9.99. The van der Waals surface area contributed by atoms with Crippen LogP contribution < -0.4 is 10.2 Å².